The van der Waals surface area contributed by atoms with Gasteiger partial charge in [-0.25, -0.2) is 9.78 Å². The fourth-order valence-electron chi connectivity index (χ4n) is 3.14. The van der Waals surface area contributed by atoms with E-state index < -0.39 is 38.8 Å². The van der Waals surface area contributed by atoms with Crippen molar-refractivity contribution < 1.29 is 35.3 Å². The van der Waals surface area contributed by atoms with Gasteiger partial charge in [-0.2, -0.15) is 26.9 Å². The molecular formula is C18H20F3N3O5S. The van der Waals surface area contributed by atoms with Gasteiger partial charge in [-0.15, -0.1) is 0 Å². The average molecular weight is 447 g/mol. The second-order valence-corrected chi connectivity index (χ2v) is 9.69. The molecular weight excluding hydrogens is 427 g/mol. The molecule has 30 heavy (non-hydrogen) atoms. The second kappa shape index (κ2) is 7.30. The standard InChI is InChI=1S/C18H20F3N3O5S/c1-17(2,3)28-16(25)24-7-6-11-13(9-24)12(8-22)15(23-14(11)10-4-5-10)29-30(26,27)18(19,20)21/h10H,4-7,9H2,1-3H3. The van der Waals surface area contributed by atoms with Crippen LogP contribution in [0.15, 0.2) is 0 Å². The van der Waals surface area contributed by atoms with E-state index in [0.717, 1.165) is 12.8 Å². The Balaban J connectivity index is 2.05. The number of nitrogens with zero attached hydrogens (tertiary/aromatic N) is 3. The molecule has 12 heteroatoms. The quantitative estimate of drug-likeness (QED) is 0.516. The third-order valence-electron chi connectivity index (χ3n) is 4.59. The molecule has 0 radical (unpaired) electrons. The Kier molecular flexibility index (Phi) is 5.39. The number of carbonyl (C=O) groups excluding carboxylic acids is 1. The third kappa shape index (κ3) is 4.45. The third-order valence-corrected chi connectivity index (χ3v) is 5.54. The number of rotatable bonds is 3. The van der Waals surface area contributed by atoms with Crippen LogP contribution >= 0.6 is 0 Å². The molecule has 0 saturated heterocycles. The molecule has 1 aliphatic heterocycles. The summed E-state index contributed by atoms with van der Waals surface area (Å²) in [5, 5.41) is 9.55. The summed E-state index contributed by atoms with van der Waals surface area (Å²) >= 11 is 0. The normalized spacial score (nSPS) is 17.2. The molecule has 1 amide bonds. The van der Waals surface area contributed by atoms with Crippen molar-refractivity contribution in [1.82, 2.24) is 9.88 Å². The maximum Gasteiger partial charge on any atom is 0.534 e. The number of alkyl halides is 3. The molecule has 0 N–H and O–H groups in total. The van der Waals surface area contributed by atoms with Gasteiger partial charge in [0.15, 0.2) is 0 Å². The Morgan fingerprint density at radius 3 is 2.37 bits per heavy atom. The van der Waals surface area contributed by atoms with Gasteiger partial charge in [0.1, 0.15) is 17.2 Å². The van der Waals surface area contributed by atoms with E-state index in [9.17, 15) is 31.6 Å². The van der Waals surface area contributed by atoms with Crippen molar-refractivity contribution in [3.05, 3.63) is 22.4 Å². The lowest BCUT2D eigenvalue weighted by atomic mass is 9.93. The minimum Gasteiger partial charge on any atom is -0.444 e. The molecule has 164 valence electrons. The Bertz CT molecular complexity index is 1020. The number of fused-ring (bicyclic) bond motifs is 1. The van der Waals surface area contributed by atoms with Gasteiger partial charge in [-0.05, 0) is 45.6 Å². The van der Waals surface area contributed by atoms with Gasteiger partial charge >= 0.3 is 21.7 Å². The molecule has 0 atom stereocenters. The number of carbonyl (C=O) groups is 1. The fourth-order valence-corrected chi connectivity index (χ4v) is 3.56. The highest BCUT2D eigenvalue weighted by atomic mass is 32.2. The highest BCUT2D eigenvalue weighted by Gasteiger charge is 2.49. The number of ether oxygens (including phenoxy) is 1. The summed E-state index contributed by atoms with van der Waals surface area (Å²) in [6.45, 7) is 5.21. The zero-order chi connectivity index (χ0) is 22.5. The molecule has 2 heterocycles. The van der Waals surface area contributed by atoms with Crippen LogP contribution in [0.2, 0.25) is 0 Å². The lowest BCUT2D eigenvalue weighted by Crippen LogP contribution is -2.40. The number of hydrogen-bond donors (Lipinski definition) is 0. The van der Waals surface area contributed by atoms with Gasteiger partial charge in [0.2, 0.25) is 0 Å². The van der Waals surface area contributed by atoms with Crippen LogP contribution in [0.5, 0.6) is 5.88 Å². The zero-order valence-electron chi connectivity index (χ0n) is 16.5. The topological polar surface area (TPSA) is 110 Å². The number of aromatic nitrogens is 1. The van der Waals surface area contributed by atoms with E-state index in [4.69, 9.17) is 4.74 Å². The van der Waals surface area contributed by atoms with Crippen LogP contribution in [0.25, 0.3) is 0 Å². The van der Waals surface area contributed by atoms with Crippen molar-refractivity contribution in [3.8, 4) is 11.9 Å². The minimum atomic E-state index is -6.00. The van der Waals surface area contributed by atoms with E-state index >= 15 is 0 Å². The molecule has 0 unspecified atom stereocenters. The van der Waals surface area contributed by atoms with E-state index in [1.807, 2.05) is 0 Å². The summed E-state index contributed by atoms with van der Waals surface area (Å²) in [6, 6.07) is 1.69. The van der Waals surface area contributed by atoms with E-state index in [2.05, 4.69) is 9.17 Å². The van der Waals surface area contributed by atoms with Crippen molar-refractivity contribution in [2.24, 2.45) is 0 Å². The first-order valence-corrected chi connectivity index (χ1v) is 10.6. The zero-order valence-corrected chi connectivity index (χ0v) is 17.4. The van der Waals surface area contributed by atoms with E-state index in [0.29, 0.717) is 17.7 Å². The molecule has 2 aliphatic rings. The first-order valence-electron chi connectivity index (χ1n) is 9.18. The molecule has 0 bridgehead atoms. The van der Waals surface area contributed by atoms with Crippen LogP contribution in [0.4, 0.5) is 18.0 Å². The summed E-state index contributed by atoms with van der Waals surface area (Å²) in [5.74, 6) is -0.961. The van der Waals surface area contributed by atoms with Gasteiger partial charge in [-0.3, -0.25) is 0 Å². The monoisotopic (exact) mass is 447 g/mol. The van der Waals surface area contributed by atoms with Gasteiger partial charge in [-0.1, -0.05) is 0 Å². The van der Waals surface area contributed by atoms with Crippen LogP contribution in [0.3, 0.4) is 0 Å². The maximum absolute atomic E-state index is 12.8. The van der Waals surface area contributed by atoms with Crippen LogP contribution < -0.4 is 4.18 Å². The maximum atomic E-state index is 12.8. The summed E-state index contributed by atoms with van der Waals surface area (Å²) in [6.07, 6.45) is 1.15. The molecule has 8 nitrogen and oxygen atoms in total. The van der Waals surface area contributed by atoms with Crippen molar-refractivity contribution in [1.29, 1.82) is 5.26 Å². The fraction of sp³-hybridized carbons (Fsp3) is 0.611. The van der Waals surface area contributed by atoms with Gasteiger partial charge in [0, 0.05) is 18.0 Å². The van der Waals surface area contributed by atoms with Crippen LogP contribution in [0, 0.1) is 11.3 Å². The lowest BCUT2D eigenvalue weighted by molar-refractivity contribution is -0.0501. The molecule has 1 fully saturated rings. The van der Waals surface area contributed by atoms with Crippen molar-refractivity contribution in [2.75, 3.05) is 6.54 Å². The smallest absolute Gasteiger partial charge is 0.444 e. The van der Waals surface area contributed by atoms with Gasteiger partial charge in [0.25, 0.3) is 5.88 Å². The Labute approximate surface area is 171 Å². The SMILES string of the molecule is CC(C)(C)OC(=O)N1CCc2c(C3CC3)nc(OS(=O)(=O)C(F)(F)F)c(C#N)c2C1. The molecule has 1 aromatic heterocycles. The van der Waals surface area contributed by atoms with Crippen molar-refractivity contribution in [2.45, 2.75) is 63.6 Å². The van der Waals surface area contributed by atoms with Gasteiger partial charge in [0.05, 0.1) is 12.2 Å². The lowest BCUT2D eigenvalue weighted by Gasteiger charge is -2.32. The van der Waals surface area contributed by atoms with Crippen molar-refractivity contribution >= 4 is 16.2 Å². The highest BCUT2D eigenvalue weighted by molar-refractivity contribution is 7.87. The number of amides is 1. The predicted octanol–water partition coefficient (Wildman–Crippen LogP) is 3.35. The van der Waals surface area contributed by atoms with Crippen LogP contribution in [0.1, 0.15) is 61.9 Å². The van der Waals surface area contributed by atoms with E-state index in [-0.39, 0.29) is 24.6 Å². The Hall–Kier alpha value is -2.55. The molecule has 0 aromatic carbocycles. The van der Waals surface area contributed by atoms with E-state index in [1.165, 1.54) is 4.90 Å². The summed E-state index contributed by atoms with van der Waals surface area (Å²) < 4.78 is 71.0. The van der Waals surface area contributed by atoms with Gasteiger partial charge < -0.3 is 13.8 Å². The number of pyridine rings is 1. The minimum absolute atomic E-state index is 0.0458. The number of nitriles is 1. The molecule has 3 rings (SSSR count). The van der Waals surface area contributed by atoms with E-state index in [1.54, 1.807) is 26.8 Å². The summed E-state index contributed by atoms with van der Waals surface area (Å²) in [5.41, 5.74) is -5.57. The number of halogens is 3. The predicted molar refractivity (Wildman–Crippen MR) is 96.9 cm³/mol. The number of hydrogen-bond acceptors (Lipinski definition) is 7. The summed E-state index contributed by atoms with van der Waals surface area (Å²) in [7, 11) is -6.00. The Morgan fingerprint density at radius 1 is 1.23 bits per heavy atom. The first-order chi connectivity index (χ1) is 13.7. The Morgan fingerprint density at radius 2 is 1.87 bits per heavy atom. The molecule has 1 aliphatic carbocycles. The average Bonchev–Trinajstić information content (AvgIpc) is 3.42. The molecule has 1 aromatic rings. The molecule has 1 saturated carbocycles. The molecule has 0 spiro atoms. The highest BCUT2D eigenvalue weighted by Crippen LogP contribution is 2.45. The summed E-state index contributed by atoms with van der Waals surface area (Å²) in [4.78, 5) is 17.7. The largest absolute Gasteiger partial charge is 0.534 e. The first kappa shape index (κ1) is 22.1. The van der Waals surface area contributed by atoms with Crippen LogP contribution in [-0.4, -0.2) is 42.0 Å². The van der Waals surface area contributed by atoms with Crippen molar-refractivity contribution in [3.63, 3.8) is 0 Å². The van der Waals surface area contributed by atoms with Crippen LogP contribution in [-0.2, 0) is 27.8 Å². The second-order valence-electron chi connectivity index (χ2n) is 8.16.